The number of carboxylic acids is 2. The Bertz CT molecular complexity index is 1110. The van der Waals surface area contributed by atoms with Crippen molar-refractivity contribution >= 4 is 40.8 Å². The summed E-state index contributed by atoms with van der Waals surface area (Å²) in [6, 6.07) is 26.4. The van der Waals surface area contributed by atoms with E-state index in [1.54, 1.807) is 0 Å². The lowest BCUT2D eigenvalue weighted by atomic mass is 10.0. The van der Waals surface area contributed by atoms with Crippen molar-refractivity contribution in [2.45, 2.75) is 6.10 Å². The number of hydrogen-bond acceptors (Lipinski definition) is 5. The van der Waals surface area contributed by atoms with Crippen LogP contribution < -0.4 is 4.90 Å². The minimum atomic E-state index is -1.82. The summed E-state index contributed by atoms with van der Waals surface area (Å²) in [4.78, 5) is 23.0. The van der Waals surface area contributed by atoms with Crippen LogP contribution >= 0.6 is 23.2 Å². The average molecular weight is 531 g/mol. The molecule has 0 bridgehead atoms. The summed E-state index contributed by atoms with van der Waals surface area (Å²) in [6.45, 7) is 5.55. The maximum absolute atomic E-state index is 9.10. The molecule has 0 aromatic heterocycles. The number of nitrogens with zero attached hydrogens (tertiary/aromatic N) is 2. The highest BCUT2D eigenvalue weighted by atomic mass is 35.5. The first-order chi connectivity index (χ1) is 17.3. The zero-order chi connectivity index (χ0) is 25.9. The Morgan fingerprint density at radius 3 is 1.92 bits per heavy atom. The predicted octanol–water partition coefficient (Wildman–Crippen LogP) is 5.08. The number of hydrogen-bond donors (Lipinski definition) is 2. The molecule has 1 unspecified atom stereocenters. The number of piperazine rings is 1. The zero-order valence-electron chi connectivity index (χ0n) is 19.6. The fraction of sp³-hybridized carbons (Fsp3) is 0.259. The van der Waals surface area contributed by atoms with Crippen molar-refractivity contribution in [3.8, 4) is 0 Å². The smallest absolute Gasteiger partial charge is 0.414 e. The van der Waals surface area contributed by atoms with E-state index < -0.39 is 11.9 Å². The molecule has 1 atom stereocenters. The number of rotatable bonds is 7. The normalized spacial score (nSPS) is 14.4. The van der Waals surface area contributed by atoms with Gasteiger partial charge in [0.15, 0.2) is 0 Å². The van der Waals surface area contributed by atoms with Gasteiger partial charge in [0.2, 0.25) is 0 Å². The lowest BCUT2D eigenvalue weighted by Gasteiger charge is -2.36. The molecule has 0 radical (unpaired) electrons. The van der Waals surface area contributed by atoms with Crippen LogP contribution in [0.1, 0.15) is 17.2 Å². The van der Waals surface area contributed by atoms with Crippen molar-refractivity contribution < 1.29 is 24.5 Å². The van der Waals surface area contributed by atoms with Crippen molar-refractivity contribution in [2.24, 2.45) is 0 Å². The largest absolute Gasteiger partial charge is 0.473 e. The van der Waals surface area contributed by atoms with E-state index in [1.165, 1.54) is 0 Å². The Balaban J connectivity index is 0.000000538. The maximum atomic E-state index is 9.10. The van der Waals surface area contributed by atoms with Gasteiger partial charge in [-0.05, 0) is 35.4 Å². The standard InChI is InChI=1S/C25H26Cl2N2O.C2H2O4/c26-22-12-10-21(11-13-22)25(20-6-2-1-3-7-20)30-19-18-28-14-16-29(17-15-28)24-9-5-4-8-23(24)27;3-1(4)2(5)6/h1-13,25H,14-19H2;(H,3,4)(H,5,6). The van der Waals surface area contributed by atoms with Crippen molar-refractivity contribution in [3.63, 3.8) is 0 Å². The molecule has 2 N–H and O–H groups in total. The first-order valence-electron chi connectivity index (χ1n) is 11.4. The Kier molecular flexibility index (Phi) is 10.6. The Morgan fingerprint density at radius 2 is 1.33 bits per heavy atom. The number of carbonyl (C=O) groups is 2. The van der Waals surface area contributed by atoms with Crippen LogP contribution in [-0.4, -0.2) is 66.4 Å². The summed E-state index contributed by atoms with van der Waals surface area (Å²) in [5.74, 6) is -3.65. The fourth-order valence-corrected chi connectivity index (χ4v) is 4.25. The third-order valence-corrected chi connectivity index (χ3v) is 6.29. The van der Waals surface area contributed by atoms with Crippen LogP contribution in [0, 0.1) is 0 Å². The van der Waals surface area contributed by atoms with Gasteiger partial charge >= 0.3 is 11.9 Å². The van der Waals surface area contributed by atoms with E-state index in [-0.39, 0.29) is 6.10 Å². The van der Waals surface area contributed by atoms with E-state index in [2.05, 4.69) is 40.1 Å². The average Bonchev–Trinajstić information content (AvgIpc) is 2.89. The lowest BCUT2D eigenvalue weighted by Crippen LogP contribution is -2.47. The van der Waals surface area contributed by atoms with Gasteiger partial charge in [0, 0.05) is 37.7 Å². The molecule has 190 valence electrons. The van der Waals surface area contributed by atoms with Gasteiger partial charge < -0.3 is 19.8 Å². The minimum absolute atomic E-state index is 0.0899. The molecule has 1 aliphatic rings. The van der Waals surface area contributed by atoms with Crippen LogP contribution in [0.15, 0.2) is 78.9 Å². The number of benzene rings is 3. The SMILES string of the molecule is Clc1ccc(C(OCCN2CCN(c3ccccc3Cl)CC2)c2ccccc2)cc1.O=C(O)C(=O)O. The highest BCUT2D eigenvalue weighted by Crippen LogP contribution is 2.28. The van der Waals surface area contributed by atoms with Crippen molar-refractivity contribution in [1.82, 2.24) is 4.90 Å². The van der Waals surface area contributed by atoms with Gasteiger partial charge in [-0.1, -0.05) is 77.8 Å². The van der Waals surface area contributed by atoms with Gasteiger partial charge in [-0.3, -0.25) is 4.90 Å². The summed E-state index contributed by atoms with van der Waals surface area (Å²) < 4.78 is 6.37. The topological polar surface area (TPSA) is 90.3 Å². The van der Waals surface area contributed by atoms with E-state index in [0.29, 0.717) is 6.61 Å². The van der Waals surface area contributed by atoms with Gasteiger partial charge in [-0.15, -0.1) is 0 Å². The van der Waals surface area contributed by atoms with E-state index in [9.17, 15) is 0 Å². The molecule has 1 aliphatic heterocycles. The van der Waals surface area contributed by atoms with Gasteiger partial charge in [0.1, 0.15) is 6.10 Å². The molecular formula is C27H28Cl2N2O5. The maximum Gasteiger partial charge on any atom is 0.414 e. The number of anilines is 1. The van der Waals surface area contributed by atoms with E-state index in [1.807, 2.05) is 48.5 Å². The summed E-state index contributed by atoms with van der Waals surface area (Å²) in [7, 11) is 0. The monoisotopic (exact) mass is 530 g/mol. The fourth-order valence-electron chi connectivity index (χ4n) is 3.87. The van der Waals surface area contributed by atoms with Gasteiger partial charge in [0.25, 0.3) is 0 Å². The van der Waals surface area contributed by atoms with Crippen molar-refractivity contribution in [2.75, 3.05) is 44.2 Å². The Morgan fingerprint density at radius 1 is 0.778 bits per heavy atom. The van der Waals surface area contributed by atoms with E-state index in [4.69, 9.17) is 47.7 Å². The molecule has 3 aromatic rings. The molecule has 4 rings (SSSR count). The number of carboxylic acid groups (broad SMARTS) is 2. The Hall–Kier alpha value is -3.10. The summed E-state index contributed by atoms with van der Waals surface area (Å²) in [5, 5.41) is 16.3. The van der Waals surface area contributed by atoms with Crippen LogP contribution in [-0.2, 0) is 14.3 Å². The second-order valence-electron chi connectivity index (χ2n) is 8.10. The molecule has 0 spiro atoms. The molecule has 36 heavy (non-hydrogen) atoms. The second kappa shape index (κ2) is 13.8. The number of aliphatic carboxylic acids is 2. The van der Waals surface area contributed by atoms with Crippen LogP contribution in [0.5, 0.6) is 0 Å². The van der Waals surface area contributed by atoms with Gasteiger partial charge in [-0.2, -0.15) is 0 Å². The van der Waals surface area contributed by atoms with Crippen LogP contribution in [0.25, 0.3) is 0 Å². The summed E-state index contributed by atoms with van der Waals surface area (Å²) >= 11 is 12.4. The van der Waals surface area contributed by atoms with Crippen LogP contribution in [0.4, 0.5) is 5.69 Å². The highest BCUT2D eigenvalue weighted by molar-refractivity contribution is 6.33. The number of para-hydroxylation sites is 1. The summed E-state index contributed by atoms with van der Waals surface area (Å²) in [6.07, 6.45) is -0.0899. The molecule has 3 aromatic carbocycles. The molecule has 9 heteroatoms. The number of halogens is 2. The molecule has 7 nitrogen and oxygen atoms in total. The molecule has 0 aliphatic carbocycles. The van der Waals surface area contributed by atoms with Crippen LogP contribution in [0.2, 0.25) is 10.0 Å². The molecule has 0 amide bonds. The van der Waals surface area contributed by atoms with E-state index in [0.717, 1.165) is 59.6 Å². The van der Waals surface area contributed by atoms with Crippen LogP contribution in [0.3, 0.4) is 0 Å². The highest BCUT2D eigenvalue weighted by Gasteiger charge is 2.20. The molecule has 1 heterocycles. The third kappa shape index (κ3) is 8.24. The lowest BCUT2D eigenvalue weighted by molar-refractivity contribution is -0.159. The first kappa shape index (κ1) is 27.5. The van der Waals surface area contributed by atoms with E-state index >= 15 is 0 Å². The summed E-state index contributed by atoms with van der Waals surface area (Å²) in [5.41, 5.74) is 3.40. The van der Waals surface area contributed by atoms with Crippen molar-refractivity contribution in [3.05, 3.63) is 100 Å². The first-order valence-corrected chi connectivity index (χ1v) is 12.2. The quantitative estimate of drug-likeness (QED) is 0.411. The molecule has 0 saturated carbocycles. The number of ether oxygens (including phenoxy) is 1. The molecule has 1 fully saturated rings. The van der Waals surface area contributed by atoms with Crippen molar-refractivity contribution in [1.29, 1.82) is 0 Å². The predicted molar refractivity (Wildman–Crippen MR) is 141 cm³/mol. The minimum Gasteiger partial charge on any atom is -0.473 e. The third-order valence-electron chi connectivity index (χ3n) is 5.72. The van der Waals surface area contributed by atoms with Gasteiger partial charge in [-0.25, -0.2) is 9.59 Å². The van der Waals surface area contributed by atoms with Gasteiger partial charge in [0.05, 0.1) is 17.3 Å². The Labute approximate surface area is 220 Å². The molecule has 1 saturated heterocycles. The molecular weight excluding hydrogens is 503 g/mol. The zero-order valence-corrected chi connectivity index (χ0v) is 21.1. The second-order valence-corrected chi connectivity index (χ2v) is 8.95.